The molecule has 0 saturated carbocycles. The Morgan fingerprint density at radius 2 is 1.76 bits per heavy atom. The SMILES string of the molecule is O=C(NC1(c2ccc(OC(F)(F)F)cc2)CCOc2cccnc21)c1cnc2ccccc2n1. The molecule has 1 amide bonds. The minimum Gasteiger partial charge on any atom is -0.491 e. The second-order valence-electron chi connectivity index (χ2n) is 7.62. The average molecular weight is 466 g/mol. The van der Waals surface area contributed by atoms with Crippen molar-refractivity contribution in [2.45, 2.75) is 18.3 Å². The number of nitrogens with one attached hydrogen (secondary N) is 1. The summed E-state index contributed by atoms with van der Waals surface area (Å²) in [6.45, 7) is 0.253. The van der Waals surface area contributed by atoms with E-state index in [9.17, 15) is 18.0 Å². The van der Waals surface area contributed by atoms with E-state index in [1.807, 2.05) is 6.07 Å². The molecule has 7 nitrogen and oxygen atoms in total. The van der Waals surface area contributed by atoms with Gasteiger partial charge < -0.3 is 14.8 Å². The third-order valence-corrected chi connectivity index (χ3v) is 5.50. The highest BCUT2D eigenvalue weighted by atomic mass is 19.4. The van der Waals surface area contributed by atoms with Crippen LogP contribution >= 0.6 is 0 Å². The maximum Gasteiger partial charge on any atom is 0.573 e. The Hall–Kier alpha value is -4.21. The van der Waals surface area contributed by atoms with E-state index in [2.05, 4.69) is 25.0 Å². The van der Waals surface area contributed by atoms with E-state index in [1.54, 1.807) is 36.5 Å². The minimum atomic E-state index is -4.81. The summed E-state index contributed by atoms with van der Waals surface area (Å²) < 4.78 is 47.6. The molecule has 0 saturated heterocycles. The van der Waals surface area contributed by atoms with Crippen molar-refractivity contribution < 1.29 is 27.4 Å². The van der Waals surface area contributed by atoms with E-state index < -0.39 is 17.8 Å². The van der Waals surface area contributed by atoms with Gasteiger partial charge in [-0.1, -0.05) is 24.3 Å². The zero-order valence-corrected chi connectivity index (χ0v) is 17.5. The first-order chi connectivity index (χ1) is 16.3. The fourth-order valence-corrected chi connectivity index (χ4v) is 4.00. The average Bonchev–Trinajstić information content (AvgIpc) is 2.83. The predicted octanol–water partition coefficient (Wildman–Crippen LogP) is 4.38. The van der Waals surface area contributed by atoms with Crippen molar-refractivity contribution in [3.63, 3.8) is 0 Å². The molecule has 2 aromatic heterocycles. The largest absolute Gasteiger partial charge is 0.573 e. The first-order valence-electron chi connectivity index (χ1n) is 10.3. The van der Waals surface area contributed by atoms with Gasteiger partial charge >= 0.3 is 6.36 Å². The van der Waals surface area contributed by atoms with Gasteiger partial charge in [0.15, 0.2) is 0 Å². The number of carbonyl (C=O) groups is 1. The number of rotatable bonds is 4. The number of hydrogen-bond acceptors (Lipinski definition) is 6. The topological polar surface area (TPSA) is 86.2 Å². The molecule has 1 atom stereocenters. The number of alkyl halides is 3. The Kier molecular flexibility index (Phi) is 5.27. The number of hydrogen-bond donors (Lipinski definition) is 1. The summed E-state index contributed by atoms with van der Waals surface area (Å²) in [6.07, 6.45) is -1.58. The second kappa shape index (κ2) is 8.29. The number of amides is 1. The van der Waals surface area contributed by atoms with Crippen LogP contribution in [0.2, 0.25) is 0 Å². The molecule has 0 fully saturated rings. The maximum absolute atomic E-state index is 13.3. The first kappa shape index (κ1) is 21.6. The molecule has 1 unspecified atom stereocenters. The molecular formula is C24H17F3N4O3. The quantitative estimate of drug-likeness (QED) is 0.481. The van der Waals surface area contributed by atoms with Crippen LogP contribution in [0.5, 0.6) is 11.5 Å². The highest BCUT2D eigenvalue weighted by molar-refractivity contribution is 5.94. The third-order valence-electron chi connectivity index (χ3n) is 5.50. The number of aromatic nitrogens is 3. The molecule has 0 aliphatic carbocycles. The monoisotopic (exact) mass is 466 g/mol. The zero-order valence-electron chi connectivity index (χ0n) is 17.5. The van der Waals surface area contributed by atoms with Crippen molar-refractivity contribution in [3.05, 3.63) is 90.0 Å². The molecule has 0 spiro atoms. The Bertz CT molecular complexity index is 1360. The van der Waals surface area contributed by atoms with Crippen LogP contribution in [0.4, 0.5) is 13.2 Å². The molecule has 1 aliphatic rings. The van der Waals surface area contributed by atoms with Crippen LogP contribution in [0.3, 0.4) is 0 Å². The summed E-state index contributed by atoms with van der Waals surface area (Å²) in [7, 11) is 0. The second-order valence-corrected chi connectivity index (χ2v) is 7.62. The number of pyridine rings is 1. The van der Waals surface area contributed by atoms with Crippen molar-refractivity contribution in [2.24, 2.45) is 0 Å². The Morgan fingerprint density at radius 1 is 1.00 bits per heavy atom. The summed E-state index contributed by atoms with van der Waals surface area (Å²) in [6, 6.07) is 15.9. The highest BCUT2D eigenvalue weighted by Crippen LogP contribution is 2.41. The van der Waals surface area contributed by atoms with Crippen molar-refractivity contribution >= 4 is 16.9 Å². The molecule has 1 aliphatic heterocycles. The first-order valence-corrected chi connectivity index (χ1v) is 10.3. The van der Waals surface area contributed by atoms with Crippen molar-refractivity contribution in [1.29, 1.82) is 0 Å². The van der Waals surface area contributed by atoms with Gasteiger partial charge in [-0.2, -0.15) is 0 Å². The number of carbonyl (C=O) groups excluding carboxylic acids is 1. The number of para-hydroxylation sites is 2. The van der Waals surface area contributed by atoms with Gasteiger partial charge in [-0.3, -0.25) is 14.8 Å². The summed E-state index contributed by atoms with van der Waals surface area (Å²) in [4.78, 5) is 26.5. The summed E-state index contributed by atoms with van der Waals surface area (Å²) in [5, 5.41) is 3.01. The van der Waals surface area contributed by atoms with Crippen LogP contribution in [0.1, 0.15) is 28.2 Å². The molecule has 4 aromatic rings. The molecular weight excluding hydrogens is 449 g/mol. The number of halogens is 3. The van der Waals surface area contributed by atoms with Gasteiger partial charge in [-0.25, -0.2) is 4.98 Å². The van der Waals surface area contributed by atoms with E-state index in [0.717, 1.165) is 0 Å². The van der Waals surface area contributed by atoms with Gasteiger partial charge in [0.05, 0.1) is 23.8 Å². The van der Waals surface area contributed by atoms with Crippen molar-refractivity contribution in [2.75, 3.05) is 6.61 Å². The van der Waals surface area contributed by atoms with E-state index in [-0.39, 0.29) is 18.1 Å². The zero-order chi connectivity index (χ0) is 23.8. The summed E-state index contributed by atoms with van der Waals surface area (Å²) in [5.74, 6) is -0.409. The summed E-state index contributed by atoms with van der Waals surface area (Å²) in [5.41, 5.74) is 1.09. The molecule has 34 heavy (non-hydrogen) atoms. The van der Waals surface area contributed by atoms with Crippen LogP contribution in [-0.4, -0.2) is 33.8 Å². The number of fused-ring (bicyclic) bond motifs is 2. The van der Waals surface area contributed by atoms with Gasteiger partial charge in [-0.15, -0.1) is 13.2 Å². The van der Waals surface area contributed by atoms with Crippen molar-refractivity contribution in [3.8, 4) is 11.5 Å². The maximum atomic E-state index is 13.3. The lowest BCUT2D eigenvalue weighted by Crippen LogP contribution is -2.50. The standard InChI is InChI=1S/C24H17F3N4O3/c25-24(26,27)34-16-9-7-15(8-10-16)23(11-13-33-20-6-3-12-28-21(20)23)31-22(32)19-14-29-17-4-1-2-5-18(17)30-19/h1-10,12,14H,11,13H2,(H,31,32). The van der Waals surface area contributed by atoms with Crippen LogP contribution in [0, 0.1) is 0 Å². The highest BCUT2D eigenvalue weighted by Gasteiger charge is 2.43. The van der Waals surface area contributed by atoms with E-state index in [0.29, 0.717) is 34.5 Å². The molecule has 5 rings (SSSR count). The molecule has 1 N–H and O–H groups in total. The third kappa shape index (κ3) is 4.09. The van der Waals surface area contributed by atoms with E-state index in [4.69, 9.17) is 4.74 Å². The van der Waals surface area contributed by atoms with Gasteiger partial charge in [0.1, 0.15) is 28.4 Å². The Labute approximate surface area is 191 Å². The molecule has 10 heteroatoms. The Balaban J connectivity index is 1.56. The molecule has 0 radical (unpaired) electrons. The van der Waals surface area contributed by atoms with Gasteiger partial charge in [0.25, 0.3) is 5.91 Å². The van der Waals surface area contributed by atoms with Crippen LogP contribution in [0.25, 0.3) is 11.0 Å². The lowest BCUT2D eigenvalue weighted by Gasteiger charge is -2.38. The lowest BCUT2D eigenvalue weighted by molar-refractivity contribution is -0.274. The van der Waals surface area contributed by atoms with Gasteiger partial charge in [0, 0.05) is 12.6 Å². The number of nitrogens with zero attached hydrogens (tertiary/aromatic N) is 3. The van der Waals surface area contributed by atoms with Crippen molar-refractivity contribution in [1.82, 2.24) is 20.3 Å². The van der Waals surface area contributed by atoms with Crippen LogP contribution in [0.15, 0.2) is 73.1 Å². The lowest BCUT2D eigenvalue weighted by atomic mass is 9.81. The molecule has 2 aromatic carbocycles. The molecule has 0 bridgehead atoms. The fraction of sp³-hybridized carbons (Fsp3) is 0.167. The fourth-order valence-electron chi connectivity index (χ4n) is 4.00. The Morgan fingerprint density at radius 3 is 2.53 bits per heavy atom. The van der Waals surface area contributed by atoms with Gasteiger partial charge in [0.2, 0.25) is 0 Å². The number of ether oxygens (including phenoxy) is 2. The number of benzene rings is 2. The summed E-state index contributed by atoms with van der Waals surface area (Å²) >= 11 is 0. The molecule has 172 valence electrons. The molecule has 3 heterocycles. The predicted molar refractivity (Wildman–Crippen MR) is 115 cm³/mol. The minimum absolute atomic E-state index is 0.0964. The normalized spacial score (nSPS) is 17.5. The van der Waals surface area contributed by atoms with Crippen LogP contribution < -0.4 is 14.8 Å². The van der Waals surface area contributed by atoms with E-state index >= 15 is 0 Å². The van der Waals surface area contributed by atoms with E-state index in [1.165, 1.54) is 30.5 Å². The van der Waals surface area contributed by atoms with Crippen LogP contribution in [-0.2, 0) is 5.54 Å². The smallest absolute Gasteiger partial charge is 0.491 e. The van der Waals surface area contributed by atoms with Gasteiger partial charge in [-0.05, 0) is 42.0 Å².